The second-order valence-electron chi connectivity index (χ2n) is 3.22. The molecule has 0 aliphatic rings. The molecular formula is C11H13ClN2O. The Morgan fingerprint density at radius 3 is 2.73 bits per heavy atom. The molecule has 0 fully saturated rings. The monoisotopic (exact) mass is 224 g/mol. The summed E-state index contributed by atoms with van der Waals surface area (Å²) >= 11 is 0. The zero-order valence-electron chi connectivity index (χ0n) is 8.22. The van der Waals surface area contributed by atoms with Crippen molar-refractivity contribution in [2.75, 3.05) is 6.54 Å². The molecule has 0 spiro atoms. The van der Waals surface area contributed by atoms with E-state index in [4.69, 9.17) is 5.73 Å². The summed E-state index contributed by atoms with van der Waals surface area (Å²) in [5.41, 5.74) is 7.59. The van der Waals surface area contributed by atoms with Gasteiger partial charge in [0.2, 0.25) is 6.41 Å². The predicted molar refractivity (Wildman–Crippen MR) is 64.1 cm³/mol. The predicted octanol–water partition coefficient (Wildman–Crippen LogP) is 1.60. The maximum absolute atomic E-state index is 10.8. The van der Waals surface area contributed by atoms with E-state index in [9.17, 15) is 4.79 Å². The van der Waals surface area contributed by atoms with E-state index in [1.165, 1.54) is 0 Å². The molecular weight excluding hydrogens is 212 g/mol. The molecule has 2 N–H and O–H groups in total. The van der Waals surface area contributed by atoms with Crippen LogP contribution >= 0.6 is 12.4 Å². The van der Waals surface area contributed by atoms with Crippen molar-refractivity contribution in [1.29, 1.82) is 0 Å². The second-order valence-corrected chi connectivity index (χ2v) is 3.22. The first kappa shape index (κ1) is 11.8. The van der Waals surface area contributed by atoms with Crippen molar-refractivity contribution in [3.63, 3.8) is 0 Å². The van der Waals surface area contributed by atoms with Crippen LogP contribution in [0.3, 0.4) is 0 Å². The van der Waals surface area contributed by atoms with Gasteiger partial charge in [-0.15, -0.1) is 12.4 Å². The largest absolute Gasteiger partial charge is 0.330 e. The lowest BCUT2D eigenvalue weighted by Crippen LogP contribution is -2.02. The first-order valence-corrected chi connectivity index (χ1v) is 4.60. The van der Waals surface area contributed by atoms with Crippen molar-refractivity contribution >= 4 is 29.7 Å². The quantitative estimate of drug-likeness (QED) is 0.806. The molecule has 1 aromatic carbocycles. The van der Waals surface area contributed by atoms with Crippen molar-refractivity contribution in [3.05, 3.63) is 36.0 Å². The third kappa shape index (κ3) is 2.03. The number of aromatic nitrogens is 1. The lowest BCUT2D eigenvalue weighted by molar-refractivity contribution is 0.549. The van der Waals surface area contributed by atoms with Crippen LogP contribution in [0.1, 0.15) is 5.56 Å². The van der Waals surface area contributed by atoms with Gasteiger partial charge in [0.15, 0.2) is 0 Å². The highest BCUT2D eigenvalue weighted by atomic mass is 35.5. The van der Waals surface area contributed by atoms with Gasteiger partial charge < -0.3 is 5.73 Å². The van der Waals surface area contributed by atoms with Gasteiger partial charge in [0.1, 0.15) is 0 Å². The number of nitrogens with two attached hydrogens (primary N) is 1. The average molecular weight is 225 g/mol. The maximum atomic E-state index is 10.8. The maximum Gasteiger partial charge on any atom is 0.218 e. The zero-order chi connectivity index (χ0) is 9.97. The smallest absolute Gasteiger partial charge is 0.218 e. The molecule has 0 saturated carbocycles. The van der Waals surface area contributed by atoms with Crippen LogP contribution in [-0.2, 0) is 11.2 Å². The minimum atomic E-state index is 0. The van der Waals surface area contributed by atoms with E-state index in [0.717, 1.165) is 29.3 Å². The molecule has 0 saturated heterocycles. The molecule has 0 radical (unpaired) electrons. The van der Waals surface area contributed by atoms with Gasteiger partial charge in [0, 0.05) is 11.6 Å². The third-order valence-electron chi connectivity index (χ3n) is 2.35. The number of hydrogen-bond donors (Lipinski definition) is 1. The molecule has 0 atom stereocenters. The summed E-state index contributed by atoms with van der Waals surface area (Å²) in [6.07, 6.45) is 3.48. The van der Waals surface area contributed by atoms with Gasteiger partial charge in [-0.25, -0.2) is 0 Å². The molecule has 15 heavy (non-hydrogen) atoms. The molecule has 0 aliphatic heterocycles. The standard InChI is InChI=1S/C11H12N2O.ClH/c12-6-5-9-7-13(8-14)11-4-2-1-3-10(9)11;/h1-4,7-8H,5-6,12H2;1H. The summed E-state index contributed by atoms with van der Waals surface area (Å²) in [6.45, 7) is 0.604. The number of halogens is 1. The second kappa shape index (κ2) is 4.96. The van der Waals surface area contributed by atoms with Crippen LogP contribution in [0.2, 0.25) is 0 Å². The van der Waals surface area contributed by atoms with Gasteiger partial charge in [0.05, 0.1) is 5.52 Å². The number of nitrogens with zero attached hydrogens (tertiary/aromatic N) is 1. The van der Waals surface area contributed by atoms with Crippen LogP contribution in [0.15, 0.2) is 30.5 Å². The van der Waals surface area contributed by atoms with Crippen LogP contribution in [0, 0.1) is 0 Å². The van der Waals surface area contributed by atoms with E-state index >= 15 is 0 Å². The highest BCUT2D eigenvalue weighted by molar-refractivity contribution is 5.88. The highest BCUT2D eigenvalue weighted by Crippen LogP contribution is 2.20. The van der Waals surface area contributed by atoms with Gasteiger partial charge in [-0.2, -0.15) is 0 Å². The molecule has 1 heterocycles. The Morgan fingerprint density at radius 1 is 1.33 bits per heavy atom. The lowest BCUT2D eigenvalue weighted by Gasteiger charge is -1.94. The van der Waals surface area contributed by atoms with Gasteiger partial charge in [-0.3, -0.25) is 9.36 Å². The Hall–Kier alpha value is -1.32. The SMILES string of the molecule is Cl.NCCc1cn(C=O)c2ccccc12. The van der Waals surface area contributed by atoms with Crippen molar-refractivity contribution < 1.29 is 4.79 Å². The van der Waals surface area contributed by atoms with Crippen LogP contribution in [-0.4, -0.2) is 17.5 Å². The number of rotatable bonds is 3. The van der Waals surface area contributed by atoms with Crippen molar-refractivity contribution in [3.8, 4) is 0 Å². The molecule has 2 aromatic rings. The molecule has 3 nitrogen and oxygen atoms in total. The van der Waals surface area contributed by atoms with Crippen molar-refractivity contribution in [2.24, 2.45) is 5.73 Å². The Morgan fingerprint density at radius 2 is 2.07 bits per heavy atom. The van der Waals surface area contributed by atoms with E-state index in [-0.39, 0.29) is 12.4 Å². The summed E-state index contributed by atoms with van der Waals surface area (Å²) in [7, 11) is 0. The van der Waals surface area contributed by atoms with Gasteiger partial charge in [0.25, 0.3) is 0 Å². The molecule has 4 heteroatoms. The van der Waals surface area contributed by atoms with Gasteiger partial charge >= 0.3 is 0 Å². The first-order chi connectivity index (χ1) is 6.86. The Labute approximate surface area is 94.3 Å². The fourth-order valence-corrected chi connectivity index (χ4v) is 1.72. The lowest BCUT2D eigenvalue weighted by atomic mass is 10.1. The molecule has 80 valence electrons. The molecule has 0 aliphatic carbocycles. The Kier molecular flexibility index (Phi) is 3.88. The number of carbonyl (C=O) groups excluding carboxylic acids is 1. The number of para-hydroxylation sites is 1. The summed E-state index contributed by atoms with van der Waals surface area (Å²) in [6, 6.07) is 7.84. The van der Waals surface area contributed by atoms with E-state index in [2.05, 4.69) is 0 Å². The van der Waals surface area contributed by atoms with Crippen LogP contribution in [0.25, 0.3) is 10.9 Å². The van der Waals surface area contributed by atoms with Crippen LogP contribution < -0.4 is 5.73 Å². The summed E-state index contributed by atoms with van der Waals surface area (Å²) in [5, 5.41) is 1.12. The summed E-state index contributed by atoms with van der Waals surface area (Å²) in [5.74, 6) is 0. The van der Waals surface area contributed by atoms with Gasteiger partial charge in [-0.1, -0.05) is 18.2 Å². The number of benzene rings is 1. The van der Waals surface area contributed by atoms with E-state index in [0.29, 0.717) is 6.54 Å². The van der Waals surface area contributed by atoms with E-state index in [1.807, 2.05) is 30.5 Å². The number of fused-ring (bicyclic) bond motifs is 1. The Balaban J connectivity index is 0.00000112. The minimum Gasteiger partial charge on any atom is -0.330 e. The van der Waals surface area contributed by atoms with Crippen LogP contribution in [0.4, 0.5) is 0 Å². The number of hydrogen-bond acceptors (Lipinski definition) is 2. The van der Waals surface area contributed by atoms with Gasteiger partial charge in [-0.05, 0) is 24.6 Å². The Bertz CT molecular complexity index is 465. The topological polar surface area (TPSA) is 48.0 Å². The van der Waals surface area contributed by atoms with E-state index in [1.54, 1.807) is 4.57 Å². The van der Waals surface area contributed by atoms with Crippen molar-refractivity contribution in [1.82, 2.24) is 4.57 Å². The fraction of sp³-hybridized carbons (Fsp3) is 0.182. The summed E-state index contributed by atoms with van der Waals surface area (Å²) < 4.78 is 1.60. The molecule has 0 bridgehead atoms. The van der Waals surface area contributed by atoms with E-state index < -0.39 is 0 Å². The summed E-state index contributed by atoms with van der Waals surface area (Å²) in [4.78, 5) is 10.8. The molecule has 0 unspecified atom stereocenters. The molecule has 1 aromatic heterocycles. The molecule has 2 rings (SSSR count). The molecule has 0 amide bonds. The zero-order valence-corrected chi connectivity index (χ0v) is 9.04. The highest BCUT2D eigenvalue weighted by Gasteiger charge is 2.05. The number of carbonyl (C=O) groups is 1. The van der Waals surface area contributed by atoms with Crippen LogP contribution in [0.5, 0.6) is 0 Å². The minimum absolute atomic E-state index is 0. The fourth-order valence-electron chi connectivity index (χ4n) is 1.72. The van der Waals surface area contributed by atoms with Crippen molar-refractivity contribution in [2.45, 2.75) is 6.42 Å². The average Bonchev–Trinajstić information content (AvgIpc) is 2.58. The normalized spacial score (nSPS) is 9.93. The third-order valence-corrected chi connectivity index (χ3v) is 2.35. The first-order valence-electron chi connectivity index (χ1n) is 4.60.